The minimum Gasteiger partial charge on any atom is -0.452 e. The molecular formula is C27H21NO4. The van der Waals surface area contributed by atoms with E-state index < -0.39 is 5.97 Å². The molecule has 0 saturated carbocycles. The smallest absolute Gasteiger partial charge is 0.343 e. The van der Waals surface area contributed by atoms with Gasteiger partial charge in [0.1, 0.15) is 11.5 Å². The number of para-hydroxylation sites is 1. The number of esters is 1. The molecule has 0 unspecified atom stereocenters. The van der Waals surface area contributed by atoms with Gasteiger partial charge in [-0.3, -0.25) is 4.79 Å². The average molecular weight is 423 g/mol. The minimum atomic E-state index is -0.446. The van der Waals surface area contributed by atoms with Gasteiger partial charge in [0.2, 0.25) is 5.78 Å². The molecule has 158 valence electrons. The van der Waals surface area contributed by atoms with Crippen LogP contribution in [0.1, 0.15) is 37.4 Å². The fraction of sp³-hybridized carbons (Fsp3) is 0.111. The molecule has 4 aromatic rings. The highest BCUT2D eigenvalue weighted by Crippen LogP contribution is 2.38. The summed E-state index contributed by atoms with van der Waals surface area (Å²) < 4.78 is 13.5. The van der Waals surface area contributed by atoms with Gasteiger partial charge in [0.15, 0.2) is 5.76 Å². The highest BCUT2D eigenvalue weighted by atomic mass is 16.5. The predicted molar refractivity (Wildman–Crippen MR) is 123 cm³/mol. The van der Waals surface area contributed by atoms with Crippen molar-refractivity contribution in [2.45, 2.75) is 13.8 Å². The van der Waals surface area contributed by atoms with Gasteiger partial charge in [0.05, 0.1) is 11.1 Å². The molecule has 5 heteroatoms. The summed E-state index contributed by atoms with van der Waals surface area (Å²) in [4.78, 5) is 25.7. The van der Waals surface area contributed by atoms with Crippen molar-refractivity contribution in [3.8, 4) is 11.5 Å². The van der Waals surface area contributed by atoms with Gasteiger partial charge in [-0.1, -0.05) is 36.4 Å². The van der Waals surface area contributed by atoms with Crippen molar-refractivity contribution in [3.05, 3.63) is 100 Å². The number of carbonyl (C=O) groups excluding carboxylic acids is 2. The second-order valence-corrected chi connectivity index (χ2v) is 7.97. The monoisotopic (exact) mass is 423 g/mol. The van der Waals surface area contributed by atoms with E-state index in [2.05, 4.69) is 0 Å². The topological polar surface area (TPSA) is 57.5 Å². The Hall–Kier alpha value is -4.12. The first-order chi connectivity index (χ1) is 15.4. The molecule has 0 fully saturated rings. The number of Topliss-reactive ketones (excluding diaryl/α,β-unsaturated/α-hetero) is 1. The van der Waals surface area contributed by atoms with E-state index in [0.717, 1.165) is 22.0 Å². The molecule has 3 aromatic carbocycles. The lowest BCUT2D eigenvalue weighted by Crippen LogP contribution is -2.10. The average Bonchev–Trinajstić information content (AvgIpc) is 3.25. The lowest BCUT2D eigenvalue weighted by atomic mass is 10.0. The molecule has 0 atom stereocenters. The van der Waals surface area contributed by atoms with Crippen molar-refractivity contribution >= 4 is 28.7 Å². The predicted octanol–water partition coefficient (Wildman–Crippen LogP) is 5.63. The largest absolute Gasteiger partial charge is 0.452 e. The van der Waals surface area contributed by atoms with Crippen LogP contribution in [0.2, 0.25) is 0 Å². The van der Waals surface area contributed by atoms with E-state index in [-0.39, 0.29) is 11.5 Å². The summed E-state index contributed by atoms with van der Waals surface area (Å²) >= 11 is 0. The zero-order valence-electron chi connectivity index (χ0n) is 18.0. The second kappa shape index (κ2) is 7.54. The summed E-state index contributed by atoms with van der Waals surface area (Å²) in [6.45, 7) is 3.67. The van der Waals surface area contributed by atoms with Crippen LogP contribution < -0.4 is 9.47 Å². The van der Waals surface area contributed by atoms with Crippen LogP contribution in [0.15, 0.2) is 72.6 Å². The Bertz CT molecular complexity index is 1440. The molecule has 0 spiro atoms. The number of aryl methyl sites for hydroxylation is 3. The number of aromatic nitrogens is 1. The summed E-state index contributed by atoms with van der Waals surface area (Å²) in [7, 11) is 1.97. The van der Waals surface area contributed by atoms with E-state index in [1.54, 1.807) is 30.3 Å². The third kappa shape index (κ3) is 3.28. The standard InChI is InChI=1S/C27H21NO4/c1-16-8-4-5-9-20(16)27(30)31-19-12-17(2)25-23(14-19)32-24(26(25)29)13-18-15-28(3)22-11-7-6-10-21(18)22/h4-15H,1-3H3/b24-13-. The van der Waals surface area contributed by atoms with Crippen molar-refractivity contribution < 1.29 is 19.1 Å². The molecule has 32 heavy (non-hydrogen) atoms. The molecule has 5 nitrogen and oxygen atoms in total. The lowest BCUT2D eigenvalue weighted by molar-refractivity contribution is 0.0733. The fourth-order valence-electron chi connectivity index (χ4n) is 4.13. The van der Waals surface area contributed by atoms with Crippen molar-refractivity contribution in [2.75, 3.05) is 0 Å². The molecule has 0 radical (unpaired) electrons. The van der Waals surface area contributed by atoms with Crippen LogP contribution in [-0.4, -0.2) is 16.3 Å². The number of hydrogen-bond donors (Lipinski definition) is 0. The maximum atomic E-state index is 13.1. The van der Waals surface area contributed by atoms with Gasteiger partial charge in [-0.2, -0.15) is 0 Å². The van der Waals surface area contributed by atoms with Crippen LogP contribution in [0.25, 0.3) is 17.0 Å². The summed E-state index contributed by atoms with van der Waals surface area (Å²) in [6, 6.07) is 18.5. The second-order valence-electron chi connectivity index (χ2n) is 7.97. The molecule has 2 heterocycles. The molecule has 0 aliphatic carbocycles. The van der Waals surface area contributed by atoms with Crippen LogP contribution in [0, 0.1) is 13.8 Å². The first kappa shape index (κ1) is 19.8. The van der Waals surface area contributed by atoms with Crippen LogP contribution in [0.3, 0.4) is 0 Å². The van der Waals surface area contributed by atoms with Gasteiger partial charge in [-0.15, -0.1) is 0 Å². The van der Waals surface area contributed by atoms with E-state index in [4.69, 9.17) is 9.47 Å². The molecule has 1 aliphatic heterocycles. The van der Waals surface area contributed by atoms with E-state index in [0.29, 0.717) is 28.2 Å². The molecular weight excluding hydrogens is 402 g/mol. The van der Waals surface area contributed by atoms with Crippen LogP contribution in [0.4, 0.5) is 0 Å². The highest BCUT2D eigenvalue weighted by molar-refractivity contribution is 6.16. The molecule has 1 aliphatic rings. The Labute approximate surface area is 185 Å². The Balaban J connectivity index is 1.47. The van der Waals surface area contributed by atoms with E-state index in [1.807, 2.05) is 68.1 Å². The Morgan fingerprint density at radius 1 is 1.00 bits per heavy atom. The van der Waals surface area contributed by atoms with Crippen molar-refractivity contribution in [1.29, 1.82) is 0 Å². The van der Waals surface area contributed by atoms with Gasteiger partial charge in [-0.25, -0.2) is 4.79 Å². The summed E-state index contributed by atoms with van der Waals surface area (Å²) in [5.74, 6) is 0.366. The number of rotatable bonds is 3. The number of hydrogen-bond acceptors (Lipinski definition) is 4. The maximum Gasteiger partial charge on any atom is 0.343 e. The Morgan fingerprint density at radius 3 is 2.56 bits per heavy atom. The number of benzene rings is 3. The quantitative estimate of drug-likeness (QED) is 0.243. The summed E-state index contributed by atoms with van der Waals surface area (Å²) in [6.07, 6.45) is 3.74. The first-order valence-corrected chi connectivity index (χ1v) is 10.3. The van der Waals surface area contributed by atoms with Crippen molar-refractivity contribution in [1.82, 2.24) is 4.57 Å². The molecule has 0 bridgehead atoms. The molecule has 0 saturated heterocycles. The van der Waals surface area contributed by atoms with E-state index in [9.17, 15) is 9.59 Å². The molecule has 0 amide bonds. The van der Waals surface area contributed by atoms with Crippen molar-refractivity contribution in [3.63, 3.8) is 0 Å². The third-order valence-electron chi connectivity index (χ3n) is 5.73. The van der Waals surface area contributed by atoms with E-state index >= 15 is 0 Å². The molecule has 1 aromatic heterocycles. The number of ether oxygens (including phenoxy) is 2. The lowest BCUT2D eigenvalue weighted by Gasteiger charge is -2.09. The molecule has 5 rings (SSSR count). The Morgan fingerprint density at radius 2 is 1.75 bits per heavy atom. The van der Waals surface area contributed by atoms with Crippen LogP contribution >= 0.6 is 0 Å². The van der Waals surface area contributed by atoms with Gasteiger partial charge in [0, 0.05) is 35.8 Å². The van der Waals surface area contributed by atoms with Gasteiger partial charge in [0.25, 0.3) is 0 Å². The normalized spacial score (nSPS) is 14.0. The Kier molecular flexibility index (Phi) is 4.67. The van der Waals surface area contributed by atoms with Crippen LogP contribution in [0.5, 0.6) is 11.5 Å². The SMILES string of the molecule is Cc1ccccc1C(=O)Oc1cc(C)c2c(c1)O/C(=C\c1cn(C)c3ccccc13)C2=O. The van der Waals surface area contributed by atoms with Crippen molar-refractivity contribution in [2.24, 2.45) is 7.05 Å². The third-order valence-corrected chi connectivity index (χ3v) is 5.73. The first-order valence-electron chi connectivity index (χ1n) is 10.3. The summed E-state index contributed by atoms with van der Waals surface area (Å²) in [5.41, 5.74) is 4.50. The number of ketones is 1. The maximum absolute atomic E-state index is 13.1. The minimum absolute atomic E-state index is 0.179. The number of nitrogens with zero attached hydrogens (tertiary/aromatic N) is 1. The van der Waals surface area contributed by atoms with Crippen LogP contribution in [-0.2, 0) is 7.05 Å². The molecule has 0 N–H and O–H groups in total. The zero-order valence-corrected chi connectivity index (χ0v) is 18.0. The number of fused-ring (bicyclic) bond motifs is 2. The number of carbonyl (C=O) groups is 2. The number of allylic oxidation sites excluding steroid dienone is 1. The van der Waals surface area contributed by atoms with Gasteiger partial charge >= 0.3 is 5.97 Å². The highest BCUT2D eigenvalue weighted by Gasteiger charge is 2.30. The fourth-order valence-corrected chi connectivity index (χ4v) is 4.13. The van der Waals surface area contributed by atoms with Gasteiger partial charge < -0.3 is 14.0 Å². The van der Waals surface area contributed by atoms with E-state index in [1.165, 1.54) is 0 Å². The zero-order chi connectivity index (χ0) is 22.4. The van der Waals surface area contributed by atoms with Gasteiger partial charge in [-0.05, 0) is 49.2 Å². The summed E-state index contributed by atoms with van der Waals surface area (Å²) in [5, 5.41) is 1.04.